The molecule has 120 valence electrons. The fourth-order valence-corrected chi connectivity index (χ4v) is 3.81. The van der Waals surface area contributed by atoms with Crippen molar-refractivity contribution in [1.29, 1.82) is 0 Å². The van der Waals surface area contributed by atoms with Gasteiger partial charge in [0, 0.05) is 0 Å². The summed E-state index contributed by atoms with van der Waals surface area (Å²) in [6, 6.07) is 7.65. The third-order valence-corrected chi connectivity index (χ3v) is 4.99. The standard InChI is InChI=1S/C18H21N3O2/c22-17(16-11-19-14-6-2-3-7-15(14)21-16)20-13-10-18(23-12-13)8-4-1-5-9-18/h2-3,6-7,11,13H,1,4-5,8-10,12H2,(H,20,22)/t13-/m1/s1. The molecule has 2 fully saturated rings. The Morgan fingerprint density at radius 2 is 1.96 bits per heavy atom. The summed E-state index contributed by atoms with van der Waals surface area (Å²) >= 11 is 0. The lowest BCUT2D eigenvalue weighted by molar-refractivity contribution is -0.0246. The first-order valence-electron chi connectivity index (χ1n) is 8.41. The lowest BCUT2D eigenvalue weighted by Gasteiger charge is -2.32. The number of hydrogen-bond donors (Lipinski definition) is 1. The van der Waals surface area contributed by atoms with E-state index in [0.717, 1.165) is 30.3 Å². The fraction of sp³-hybridized carbons (Fsp3) is 0.500. The molecule has 2 aromatic rings. The van der Waals surface area contributed by atoms with Gasteiger partial charge in [-0.25, -0.2) is 4.98 Å². The van der Waals surface area contributed by atoms with Gasteiger partial charge in [-0.1, -0.05) is 31.4 Å². The molecular weight excluding hydrogens is 290 g/mol. The van der Waals surface area contributed by atoms with E-state index in [0.29, 0.717) is 12.3 Å². The molecule has 1 N–H and O–H groups in total. The van der Waals surface area contributed by atoms with Crippen molar-refractivity contribution in [1.82, 2.24) is 15.3 Å². The molecule has 1 spiro atoms. The number of para-hydroxylation sites is 2. The highest BCUT2D eigenvalue weighted by atomic mass is 16.5. The smallest absolute Gasteiger partial charge is 0.271 e. The van der Waals surface area contributed by atoms with Crippen molar-refractivity contribution in [2.24, 2.45) is 0 Å². The largest absolute Gasteiger partial charge is 0.373 e. The lowest BCUT2D eigenvalue weighted by atomic mass is 9.82. The number of ether oxygens (including phenoxy) is 1. The minimum atomic E-state index is -0.162. The van der Waals surface area contributed by atoms with Gasteiger partial charge in [-0.15, -0.1) is 0 Å². The van der Waals surface area contributed by atoms with Crippen molar-refractivity contribution >= 4 is 16.9 Å². The van der Waals surface area contributed by atoms with E-state index in [-0.39, 0.29) is 17.6 Å². The number of nitrogens with one attached hydrogen (secondary N) is 1. The third-order valence-electron chi connectivity index (χ3n) is 4.99. The molecule has 0 radical (unpaired) electrons. The van der Waals surface area contributed by atoms with Crippen LogP contribution in [0.15, 0.2) is 30.5 Å². The molecule has 0 bridgehead atoms. The van der Waals surface area contributed by atoms with Crippen LogP contribution < -0.4 is 5.32 Å². The summed E-state index contributed by atoms with van der Waals surface area (Å²) in [4.78, 5) is 21.2. The quantitative estimate of drug-likeness (QED) is 0.926. The van der Waals surface area contributed by atoms with Crippen LogP contribution in [0.2, 0.25) is 0 Å². The van der Waals surface area contributed by atoms with Crippen LogP contribution in [0.25, 0.3) is 11.0 Å². The van der Waals surface area contributed by atoms with E-state index < -0.39 is 0 Å². The summed E-state index contributed by atoms with van der Waals surface area (Å²) in [5.74, 6) is -0.162. The Kier molecular flexibility index (Phi) is 3.73. The minimum absolute atomic E-state index is 0.00522. The number of carbonyl (C=O) groups is 1. The predicted octanol–water partition coefficient (Wildman–Crippen LogP) is 2.85. The van der Waals surface area contributed by atoms with Crippen LogP contribution in [0.4, 0.5) is 0 Å². The number of rotatable bonds is 2. The number of amides is 1. The zero-order valence-corrected chi connectivity index (χ0v) is 13.1. The Labute approximate surface area is 135 Å². The van der Waals surface area contributed by atoms with Gasteiger partial charge in [-0.3, -0.25) is 9.78 Å². The van der Waals surface area contributed by atoms with E-state index in [1.807, 2.05) is 24.3 Å². The highest BCUT2D eigenvalue weighted by molar-refractivity contribution is 5.93. The van der Waals surface area contributed by atoms with Crippen molar-refractivity contribution in [3.05, 3.63) is 36.2 Å². The summed E-state index contributed by atoms with van der Waals surface area (Å²) in [6.45, 7) is 0.604. The third kappa shape index (κ3) is 2.93. The molecule has 1 aromatic heterocycles. The molecule has 23 heavy (non-hydrogen) atoms. The molecule has 2 aliphatic rings. The van der Waals surface area contributed by atoms with Gasteiger partial charge in [0.2, 0.25) is 0 Å². The van der Waals surface area contributed by atoms with E-state index in [1.165, 1.54) is 19.3 Å². The normalized spacial score (nSPS) is 23.2. The lowest BCUT2D eigenvalue weighted by Crippen LogP contribution is -2.37. The molecule has 5 heteroatoms. The van der Waals surface area contributed by atoms with Gasteiger partial charge in [-0.05, 0) is 31.4 Å². The van der Waals surface area contributed by atoms with E-state index >= 15 is 0 Å². The Hall–Kier alpha value is -2.01. The maximum Gasteiger partial charge on any atom is 0.271 e. The van der Waals surface area contributed by atoms with Gasteiger partial charge in [0.15, 0.2) is 0 Å². The van der Waals surface area contributed by atoms with Gasteiger partial charge in [-0.2, -0.15) is 0 Å². The Balaban J connectivity index is 1.45. The number of aromatic nitrogens is 2. The predicted molar refractivity (Wildman–Crippen MR) is 87.2 cm³/mol. The van der Waals surface area contributed by atoms with Crippen LogP contribution >= 0.6 is 0 Å². The van der Waals surface area contributed by atoms with E-state index in [9.17, 15) is 4.79 Å². The maximum absolute atomic E-state index is 12.4. The van der Waals surface area contributed by atoms with Crippen molar-refractivity contribution in [2.45, 2.75) is 50.2 Å². The number of benzene rings is 1. The second kappa shape index (κ2) is 5.89. The monoisotopic (exact) mass is 311 g/mol. The Bertz CT molecular complexity index is 725. The molecule has 1 amide bonds. The highest BCUT2D eigenvalue weighted by Gasteiger charge is 2.41. The van der Waals surface area contributed by atoms with Gasteiger partial charge < -0.3 is 10.1 Å². The van der Waals surface area contributed by atoms with Crippen LogP contribution in [0.1, 0.15) is 49.0 Å². The van der Waals surface area contributed by atoms with Crippen LogP contribution in [0, 0.1) is 0 Å². The average molecular weight is 311 g/mol. The summed E-state index contributed by atoms with van der Waals surface area (Å²) < 4.78 is 6.05. The van der Waals surface area contributed by atoms with E-state index in [1.54, 1.807) is 6.20 Å². The minimum Gasteiger partial charge on any atom is -0.373 e. The molecule has 1 saturated heterocycles. The number of carbonyl (C=O) groups excluding carboxylic acids is 1. The fourth-order valence-electron chi connectivity index (χ4n) is 3.81. The summed E-state index contributed by atoms with van der Waals surface area (Å²) in [5.41, 5.74) is 1.92. The van der Waals surface area contributed by atoms with Gasteiger partial charge in [0.25, 0.3) is 5.91 Å². The van der Waals surface area contributed by atoms with Crippen LogP contribution in [0.5, 0.6) is 0 Å². The molecule has 2 heterocycles. The van der Waals surface area contributed by atoms with E-state index in [2.05, 4.69) is 15.3 Å². The number of fused-ring (bicyclic) bond motifs is 1. The average Bonchev–Trinajstić information content (AvgIpc) is 2.97. The molecule has 1 aromatic carbocycles. The molecule has 1 saturated carbocycles. The highest BCUT2D eigenvalue weighted by Crippen LogP contribution is 2.39. The van der Waals surface area contributed by atoms with Crippen LogP contribution in [-0.2, 0) is 4.74 Å². The SMILES string of the molecule is O=C(N[C@H]1COC2(CCCCC2)C1)c1cnc2ccccc2n1. The first kappa shape index (κ1) is 14.6. The number of nitrogens with zero attached hydrogens (tertiary/aromatic N) is 2. The summed E-state index contributed by atoms with van der Waals surface area (Å²) in [7, 11) is 0. The van der Waals surface area contributed by atoms with Crippen molar-refractivity contribution in [3.8, 4) is 0 Å². The van der Waals surface area contributed by atoms with Gasteiger partial charge in [0.05, 0.1) is 35.5 Å². The number of hydrogen-bond acceptors (Lipinski definition) is 4. The molecule has 1 atom stereocenters. The van der Waals surface area contributed by atoms with Gasteiger partial charge >= 0.3 is 0 Å². The zero-order chi connectivity index (χ0) is 15.7. The first-order valence-corrected chi connectivity index (χ1v) is 8.41. The van der Waals surface area contributed by atoms with Crippen LogP contribution in [-0.4, -0.2) is 34.1 Å². The van der Waals surface area contributed by atoms with Crippen LogP contribution in [0.3, 0.4) is 0 Å². The molecule has 4 rings (SSSR count). The van der Waals surface area contributed by atoms with Crippen molar-refractivity contribution < 1.29 is 9.53 Å². The summed E-state index contributed by atoms with van der Waals surface area (Å²) in [6.07, 6.45) is 8.47. The second-order valence-corrected chi connectivity index (χ2v) is 6.67. The zero-order valence-electron chi connectivity index (χ0n) is 13.1. The molecule has 1 aliphatic carbocycles. The second-order valence-electron chi connectivity index (χ2n) is 6.67. The topological polar surface area (TPSA) is 64.1 Å². The van der Waals surface area contributed by atoms with Gasteiger partial charge in [0.1, 0.15) is 5.69 Å². The molecule has 5 nitrogen and oxygen atoms in total. The molecule has 1 aliphatic heterocycles. The summed E-state index contributed by atoms with van der Waals surface area (Å²) in [5, 5.41) is 3.06. The molecular formula is C18H21N3O2. The first-order chi connectivity index (χ1) is 11.2. The maximum atomic E-state index is 12.4. The Morgan fingerprint density at radius 3 is 2.78 bits per heavy atom. The van der Waals surface area contributed by atoms with E-state index in [4.69, 9.17) is 4.74 Å². The Morgan fingerprint density at radius 1 is 1.17 bits per heavy atom. The molecule has 0 unspecified atom stereocenters. The van der Waals surface area contributed by atoms with Crippen molar-refractivity contribution in [3.63, 3.8) is 0 Å². The van der Waals surface area contributed by atoms with Crippen molar-refractivity contribution in [2.75, 3.05) is 6.61 Å².